The van der Waals surface area contributed by atoms with Gasteiger partial charge in [-0.1, -0.05) is 6.42 Å². The number of ether oxygens (including phenoxy) is 1. The number of rotatable bonds is 6. The number of pyridine rings is 1. The lowest BCUT2D eigenvalue weighted by Gasteiger charge is -2.34. The lowest BCUT2D eigenvalue weighted by Crippen LogP contribution is -2.45. The highest BCUT2D eigenvalue weighted by atomic mass is 16.5. The van der Waals surface area contributed by atoms with E-state index in [1.165, 1.54) is 13.5 Å². The van der Waals surface area contributed by atoms with Crippen LogP contribution in [0.5, 0.6) is 5.88 Å². The molecule has 1 aromatic rings. The van der Waals surface area contributed by atoms with E-state index >= 15 is 0 Å². The molecule has 1 aromatic heterocycles. The number of piperidine rings is 1. The maximum atomic E-state index is 12.0. The van der Waals surface area contributed by atoms with Crippen molar-refractivity contribution in [1.29, 1.82) is 0 Å². The number of aromatic nitrogens is 1. The smallest absolute Gasteiger partial charge is 0.251 e. The second-order valence-electron chi connectivity index (χ2n) is 5.21. The van der Waals surface area contributed by atoms with Crippen LogP contribution >= 0.6 is 0 Å². The molecule has 2 heterocycles. The summed E-state index contributed by atoms with van der Waals surface area (Å²) in [7, 11) is 1.52. The molecule has 1 amide bonds. The average Bonchev–Trinajstić information content (AvgIpc) is 2.55. The third-order valence-electron chi connectivity index (χ3n) is 3.85. The van der Waals surface area contributed by atoms with Crippen LogP contribution in [0.2, 0.25) is 0 Å². The number of carbonyl (C=O) groups is 1. The Balaban J connectivity index is 1.80. The number of nitrogens with zero attached hydrogens (tertiary/aromatic N) is 2. The van der Waals surface area contributed by atoms with Gasteiger partial charge in [0.05, 0.1) is 13.7 Å². The second-order valence-corrected chi connectivity index (χ2v) is 5.21. The van der Waals surface area contributed by atoms with Gasteiger partial charge in [0.2, 0.25) is 5.88 Å². The number of carbonyl (C=O) groups excluding carboxylic acids is 1. The Bertz CT molecular complexity index is 467. The Morgan fingerprint density at radius 1 is 1.57 bits per heavy atom. The van der Waals surface area contributed by atoms with Crippen LogP contribution in [0.4, 0.5) is 0 Å². The van der Waals surface area contributed by atoms with Crippen molar-refractivity contribution < 1.29 is 14.6 Å². The first-order valence-electron chi connectivity index (χ1n) is 7.37. The molecule has 6 heteroatoms. The van der Waals surface area contributed by atoms with Crippen LogP contribution in [-0.4, -0.2) is 60.3 Å². The molecule has 1 atom stereocenters. The quantitative estimate of drug-likeness (QED) is 0.806. The first-order chi connectivity index (χ1) is 10.2. The number of nitrogens with one attached hydrogen (secondary N) is 1. The molecule has 0 unspecified atom stereocenters. The molecular weight excluding hydrogens is 270 g/mol. The van der Waals surface area contributed by atoms with Gasteiger partial charge in [-0.3, -0.25) is 9.69 Å². The van der Waals surface area contributed by atoms with E-state index in [0.29, 0.717) is 18.0 Å². The molecule has 1 saturated heterocycles. The van der Waals surface area contributed by atoms with E-state index in [9.17, 15) is 9.90 Å². The molecule has 21 heavy (non-hydrogen) atoms. The van der Waals surface area contributed by atoms with Gasteiger partial charge < -0.3 is 15.2 Å². The molecule has 0 aliphatic carbocycles. The molecule has 0 aromatic carbocycles. The number of aliphatic hydroxyl groups excluding tert-OH is 1. The third-order valence-corrected chi connectivity index (χ3v) is 3.85. The fraction of sp³-hybridized carbons (Fsp3) is 0.600. The van der Waals surface area contributed by atoms with E-state index in [2.05, 4.69) is 15.2 Å². The Morgan fingerprint density at radius 2 is 2.43 bits per heavy atom. The number of hydrogen-bond donors (Lipinski definition) is 2. The summed E-state index contributed by atoms with van der Waals surface area (Å²) in [5.74, 6) is 0.298. The van der Waals surface area contributed by atoms with Gasteiger partial charge >= 0.3 is 0 Å². The summed E-state index contributed by atoms with van der Waals surface area (Å²) in [4.78, 5) is 18.3. The molecule has 0 radical (unpaired) electrons. The maximum Gasteiger partial charge on any atom is 0.251 e. The zero-order valence-corrected chi connectivity index (χ0v) is 12.4. The van der Waals surface area contributed by atoms with Crippen molar-refractivity contribution in [3.05, 3.63) is 23.9 Å². The first kappa shape index (κ1) is 15.7. The van der Waals surface area contributed by atoms with Crippen molar-refractivity contribution in [3.63, 3.8) is 0 Å². The van der Waals surface area contributed by atoms with E-state index in [1.54, 1.807) is 18.3 Å². The van der Waals surface area contributed by atoms with E-state index in [0.717, 1.165) is 25.9 Å². The number of amides is 1. The monoisotopic (exact) mass is 293 g/mol. The number of aliphatic hydroxyl groups is 1. The van der Waals surface area contributed by atoms with Crippen LogP contribution in [0.25, 0.3) is 0 Å². The van der Waals surface area contributed by atoms with E-state index in [1.807, 2.05) is 0 Å². The van der Waals surface area contributed by atoms with Gasteiger partial charge in [-0.2, -0.15) is 0 Å². The molecule has 2 N–H and O–H groups in total. The van der Waals surface area contributed by atoms with Crippen LogP contribution in [0, 0.1) is 0 Å². The highest BCUT2D eigenvalue weighted by Crippen LogP contribution is 2.15. The molecule has 1 fully saturated rings. The van der Waals surface area contributed by atoms with Gasteiger partial charge in [-0.25, -0.2) is 4.98 Å². The Labute approximate surface area is 125 Å². The zero-order valence-electron chi connectivity index (χ0n) is 12.4. The van der Waals surface area contributed by atoms with Crippen LogP contribution in [-0.2, 0) is 0 Å². The molecular formula is C15H23N3O3. The third kappa shape index (κ3) is 4.41. The summed E-state index contributed by atoms with van der Waals surface area (Å²) in [6, 6.07) is 3.51. The molecule has 1 aliphatic rings. The lowest BCUT2D eigenvalue weighted by atomic mass is 10.0. The van der Waals surface area contributed by atoms with Crippen molar-refractivity contribution in [3.8, 4) is 5.88 Å². The lowest BCUT2D eigenvalue weighted by molar-refractivity contribution is 0.0849. The Morgan fingerprint density at radius 3 is 3.19 bits per heavy atom. The molecule has 0 saturated carbocycles. The average molecular weight is 293 g/mol. The number of likely N-dealkylation sites (tertiary alicyclic amines) is 1. The summed E-state index contributed by atoms with van der Waals surface area (Å²) < 4.78 is 5.01. The number of hydrogen-bond acceptors (Lipinski definition) is 5. The van der Waals surface area contributed by atoms with E-state index in [4.69, 9.17) is 4.74 Å². The minimum atomic E-state index is -0.131. The summed E-state index contributed by atoms with van der Waals surface area (Å²) in [6.45, 7) is 2.51. The predicted octanol–water partition coefficient (Wildman–Crippen LogP) is 0.667. The molecule has 116 valence electrons. The van der Waals surface area contributed by atoms with Gasteiger partial charge in [0.15, 0.2) is 0 Å². The standard InChI is InChI=1S/C15H23N3O3/c1-21-14-10-12(5-6-16-14)15(20)17-7-9-18-8-3-2-4-13(18)11-19/h5-6,10,13,19H,2-4,7-9,11H2,1H3,(H,17,20)/t13-/m0/s1. The van der Waals surface area contributed by atoms with E-state index < -0.39 is 0 Å². The minimum Gasteiger partial charge on any atom is -0.481 e. The molecule has 2 rings (SSSR count). The summed E-state index contributed by atoms with van der Waals surface area (Å²) in [5.41, 5.74) is 0.541. The fourth-order valence-corrected chi connectivity index (χ4v) is 2.64. The summed E-state index contributed by atoms with van der Waals surface area (Å²) in [6.07, 6.45) is 4.92. The number of methoxy groups -OCH3 is 1. The van der Waals surface area contributed by atoms with Crippen molar-refractivity contribution in [2.75, 3.05) is 33.4 Å². The van der Waals surface area contributed by atoms with Crippen molar-refractivity contribution >= 4 is 5.91 Å². The Hall–Kier alpha value is -1.66. The van der Waals surface area contributed by atoms with Gasteiger partial charge in [0.25, 0.3) is 5.91 Å². The van der Waals surface area contributed by atoms with Crippen LogP contribution < -0.4 is 10.1 Å². The SMILES string of the molecule is COc1cc(C(=O)NCCN2CCCC[C@H]2CO)ccn1. The first-order valence-corrected chi connectivity index (χ1v) is 7.37. The second kappa shape index (κ2) is 7.95. The minimum absolute atomic E-state index is 0.131. The van der Waals surface area contributed by atoms with Gasteiger partial charge in [0, 0.05) is 37.0 Å². The molecule has 0 bridgehead atoms. The van der Waals surface area contributed by atoms with Crippen molar-refractivity contribution in [2.45, 2.75) is 25.3 Å². The van der Waals surface area contributed by atoms with Gasteiger partial charge in [0.1, 0.15) is 0 Å². The largest absolute Gasteiger partial charge is 0.481 e. The van der Waals surface area contributed by atoms with Gasteiger partial charge in [-0.05, 0) is 25.5 Å². The highest BCUT2D eigenvalue weighted by molar-refractivity contribution is 5.94. The van der Waals surface area contributed by atoms with Crippen LogP contribution in [0.1, 0.15) is 29.6 Å². The van der Waals surface area contributed by atoms with Crippen LogP contribution in [0.15, 0.2) is 18.3 Å². The zero-order chi connectivity index (χ0) is 15.1. The summed E-state index contributed by atoms with van der Waals surface area (Å²) >= 11 is 0. The summed E-state index contributed by atoms with van der Waals surface area (Å²) in [5, 5.41) is 12.3. The van der Waals surface area contributed by atoms with Crippen molar-refractivity contribution in [2.24, 2.45) is 0 Å². The normalized spacial score (nSPS) is 19.2. The van der Waals surface area contributed by atoms with E-state index in [-0.39, 0.29) is 18.6 Å². The van der Waals surface area contributed by atoms with Crippen molar-refractivity contribution in [1.82, 2.24) is 15.2 Å². The topological polar surface area (TPSA) is 74.7 Å². The Kier molecular flexibility index (Phi) is 5.95. The maximum absolute atomic E-state index is 12.0. The molecule has 0 spiro atoms. The molecule has 1 aliphatic heterocycles. The highest BCUT2D eigenvalue weighted by Gasteiger charge is 2.21. The fourth-order valence-electron chi connectivity index (χ4n) is 2.64. The van der Waals surface area contributed by atoms with Gasteiger partial charge in [-0.15, -0.1) is 0 Å². The van der Waals surface area contributed by atoms with Crippen LogP contribution in [0.3, 0.4) is 0 Å². The molecule has 6 nitrogen and oxygen atoms in total. The predicted molar refractivity (Wildman–Crippen MR) is 79.4 cm³/mol.